The van der Waals surface area contributed by atoms with Crippen molar-refractivity contribution in [1.82, 2.24) is 4.98 Å². The first-order valence-electron chi connectivity index (χ1n) is 5.73. The normalized spacial score (nSPS) is 9.95. The van der Waals surface area contributed by atoms with Gasteiger partial charge in [-0.2, -0.15) is 5.26 Å². The van der Waals surface area contributed by atoms with Crippen molar-refractivity contribution in [3.63, 3.8) is 0 Å². The van der Waals surface area contributed by atoms with Gasteiger partial charge in [-0.3, -0.25) is 0 Å². The van der Waals surface area contributed by atoms with E-state index >= 15 is 0 Å². The van der Waals surface area contributed by atoms with E-state index in [2.05, 4.69) is 26.2 Å². The molecule has 0 radical (unpaired) electrons. The minimum Gasteiger partial charge on any atom is -0.370 e. The molecule has 3 nitrogen and oxygen atoms in total. The van der Waals surface area contributed by atoms with E-state index in [1.54, 1.807) is 24.3 Å². The van der Waals surface area contributed by atoms with Crippen LogP contribution in [0.25, 0.3) is 0 Å². The second-order valence-corrected chi connectivity index (χ2v) is 4.82. The van der Waals surface area contributed by atoms with Crippen LogP contribution in [-0.4, -0.2) is 11.5 Å². The number of aromatic nitrogens is 1. The van der Waals surface area contributed by atoms with Gasteiger partial charge in [0.05, 0.1) is 10.0 Å². The molecule has 1 aromatic carbocycles. The average molecular weight is 320 g/mol. The molecule has 2 aromatic rings. The molecule has 0 spiro atoms. The van der Waals surface area contributed by atoms with E-state index in [9.17, 15) is 4.39 Å². The van der Waals surface area contributed by atoms with Crippen LogP contribution in [-0.2, 0) is 6.42 Å². The van der Waals surface area contributed by atoms with Gasteiger partial charge in [0, 0.05) is 12.7 Å². The van der Waals surface area contributed by atoms with Crippen LogP contribution in [0.5, 0.6) is 0 Å². The van der Waals surface area contributed by atoms with Crippen molar-refractivity contribution in [2.45, 2.75) is 6.42 Å². The zero-order valence-corrected chi connectivity index (χ0v) is 11.6. The molecule has 0 aliphatic carbocycles. The van der Waals surface area contributed by atoms with Gasteiger partial charge in [0.2, 0.25) is 0 Å². The number of nitrogens with one attached hydrogen (secondary N) is 1. The fourth-order valence-electron chi connectivity index (χ4n) is 1.59. The van der Waals surface area contributed by atoms with Gasteiger partial charge in [0.15, 0.2) is 0 Å². The molecule has 1 N–H and O–H groups in total. The molecular weight excluding hydrogens is 309 g/mol. The SMILES string of the molecule is N#Cc1ccc(NCCc2ccc(F)c(Br)c2)nc1. The molecule has 96 valence electrons. The van der Waals surface area contributed by atoms with Crippen LogP contribution in [0.3, 0.4) is 0 Å². The Morgan fingerprint density at radius 1 is 1.32 bits per heavy atom. The Labute approximate surface area is 119 Å². The Bertz CT molecular complexity index is 605. The van der Waals surface area contributed by atoms with Crippen molar-refractivity contribution in [2.75, 3.05) is 11.9 Å². The van der Waals surface area contributed by atoms with Gasteiger partial charge in [-0.1, -0.05) is 6.07 Å². The summed E-state index contributed by atoms with van der Waals surface area (Å²) in [5.41, 5.74) is 1.57. The second kappa shape index (κ2) is 6.30. The van der Waals surface area contributed by atoms with Crippen molar-refractivity contribution < 1.29 is 4.39 Å². The summed E-state index contributed by atoms with van der Waals surface area (Å²) in [6.07, 6.45) is 2.29. The van der Waals surface area contributed by atoms with Crippen LogP contribution in [0.1, 0.15) is 11.1 Å². The molecule has 1 heterocycles. The number of pyridine rings is 1. The van der Waals surface area contributed by atoms with Gasteiger partial charge in [-0.25, -0.2) is 9.37 Å². The first-order chi connectivity index (χ1) is 9.19. The molecule has 0 amide bonds. The molecule has 0 unspecified atom stereocenters. The first kappa shape index (κ1) is 13.5. The summed E-state index contributed by atoms with van der Waals surface area (Å²) in [6.45, 7) is 0.691. The molecule has 5 heteroatoms. The Morgan fingerprint density at radius 3 is 2.79 bits per heavy atom. The minimum atomic E-state index is -0.259. The molecule has 0 saturated heterocycles. The van der Waals surface area contributed by atoms with E-state index < -0.39 is 0 Å². The number of hydrogen-bond acceptors (Lipinski definition) is 3. The highest BCUT2D eigenvalue weighted by Gasteiger charge is 2.01. The monoisotopic (exact) mass is 319 g/mol. The third-order valence-electron chi connectivity index (χ3n) is 2.60. The van der Waals surface area contributed by atoms with E-state index in [1.165, 1.54) is 12.3 Å². The minimum absolute atomic E-state index is 0.259. The number of halogens is 2. The van der Waals surface area contributed by atoms with Crippen LogP contribution < -0.4 is 5.32 Å². The molecule has 1 aromatic heterocycles. The second-order valence-electron chi connectivity index (χ2n) is 3.97. The molecule has 0 aliphatic rings. The lowest BCUT2D eigenvalue weighted by molar-refractivity contribution is 0.620. The molecule has 19 heavy (non-hydrogen) atoms. The number of benzene rings is 1. The van der Waals surface area contributed by atoms with E-state index in [-0.39, 0.29) is 5.82 Å². The maximum atomic E-state index is 13.1. The maximum absolute atomic E-state index is 13.1. The summed E-state index contributed by atoms with van der Waals surface area (Å²) in [6, 6.07) is 10.5. The molecular formula is C14H11BrFN3. The zero-order valence-electron chi connectivity index (χ0n) is 10.0. The van der Waals surface area contributed by atoms with Crippen molar-refractivity contribution in [2.24, 2.45) is 0 Å². The Balaban J connectivity index is 1.89. The van der Waals surface area contributed by atoms with Crippen LogP contribution in [0, 0.1) is 17.1 Å². The van der Waals surface area contributed by atoms with E-state index in [0.29, 0.717) is 16.6 Å². The molecule has 0 saturated carbocycles. The molecule has 0 atom stereocenters. The quantitative estimate of drug-likeness (QED) is 0.938. The standard InChI is InChI=1S/C14H11BrFN3/c15-12-7-10(1-3-13(12)16)5-6-18-14-4-2-11(8-17)9-19-14/h1-4,7,9H,5-6H2,(H,18,19). The molecule has 0 aliphatic heterocycles. The Hall–Kier alpha value is -1.93. The largest absolute Gasteiger partial charge is 0.370 e. The summed E-state index contributed by atoms with van der Waals surface area (Å²) >= 11 is 3.16. The molecule has 2 rings (SSSR count). The van der Waals surface area contributed by atoms with Gasteiger partial charge in [-0.15, -0.1) is 0 Å². The number of hydrogen-bond donors (Lipinski definition) is 1. The van der Waals surface area contributed by atoms with E-state index in [0.717, 1.165) is 17.8 Å². The number of nitriles is 1. The third kappa shape index (κ3) is 3.76. The van der Waals surface area contributed by atoms with Crippen molar-refractivity contribution >= 4 is 21.7 Å². The van der Waals surface area contributed by atoms with Crippen LogP contribution in [0.2, 0.25) is 0 Å². The summed E-state index contributed by atoms with van der Waals surface area (Å²) in [4.78, 5) is 4.11. The van der Waals surface area contributed by atoms with Crippen LogP contribution in [0.15, 0.2) is 41.0 Å². The average Bonchev–Trinajstić information content (AvgIpc) is 2.43. The number of nitrogens with zero attached hydrogens (tertiary/aromatic N) is 2. The van der Waals surface area contributed by atoms with Crippen molar-refractivity contribution in [1.29, 1.82) is 5.26 Å². The Kier molecular flexibility index (Phi) is 4.48. The highest BCUT2D eigenvalue weighted by molar-refractivity contribution is 9.10. The topological polar surface area (TPSA) is 48.7 Å². The third-order valence-corrected chi connectivity index (χ3v) is 3.20. The molecule has 0 fully saturated rings. The Morgan fingerprint density at radius 2 is 2.16 bits per heavy atom. The summed E-state index contributed by atoms with van der Waals surface area (Å²) in [5.74, 6) is 0.464. The summed E-state index contributed by atoms with van der Waals surface area (Å²) in [7, 11) is 0. The fraction of sp³-hybridized carbons (Fsp3) is 0.143. The lowest BCUT2D eigenvalue weighted by Crippen LogP contribution is -2.06. The predicted octanol–water partition coefficient (Wildman–Crippen LogP) is 3.51. The van der Waals surface area contributed by atoms with Gasteiger partial charge in [0.1, 0.15) is 17.7 Å². The van der Waals surface area contributed by atoms with E-state index in [4.69, 9.17) is 5.26 Å². The van der Waals surface area contributed by atoms with Gasteiger partial charge < -0.3 is 5.32 Å². The molecule has 0 bridgehead atoms. The van der Waals surface area contributed by atoms with Crippen LogP contribution in [0.4, 0.5) is 10.2 Å². The van der Waals surface area contributed by atoms with Gasteiger partial charge in [0.25, 0.3) is 0 Å². The van der Waals surface area contributed by atoms with E-state index in [1.807, 2.05) is 6.07 Å². The summed E-state index contributed by atoms with van der Waals surface area (Å²) in [5, 5.41) is 11.8. The van der Waals surface area contributed by atoms with Crippen molar-refractivity contribution in [3.05, 3.63) is 57.9 Å². The highest BCUT2D eigenvalue weighted by atomic mass is 79.9. The predicted molar refractivity (Wildman–Crippen MR) is 75.2 cm³/mol. The highest BCUT2D eigenvalue weighted by Crippen LogP contribution is 2.17. The fourth-order valence-corrected chi connectivity index (χ4v) is 2.02. The van der Waals surface area contributed by atoms with Crippen LogP contribution >= 0.6 is 15.9 Å². The number of anilines is 1. The van der Waals surface area contributed by atoms with Gasteiger partial charge in [-0.05, 0) is 52.2 Å². The van der Waals surface area contributed by atoms with Crippen molar-refractivity contribution in [3.8, 4) is 6.07 Å². The smallest absolute Gasteiger partial charge is 0.137 e. The summed E-state index contributed by atoms with van der Waals surface area (Å²) < 4.78 is 13.5. The lowest BCUT2D eigenvalue weighted by atomic mass is 10.1. The maximum Gasteiger partial charge on any atom is 0.137 e. The van der Waals surface area contributed by atoms with Gasteiger partial charge >= 0.3 is 0 Å². The lowest BCUT2D eigenvalue weighted by Gasteiger charge is -2.06. The first-order valence-corrected chi connectivity index (χ1v) is 6.52. The number of rotatable bonds is 4. The zero-order chi connectivity index (χ0) is 13.7.